The number of amides is 2. The maximum Gasteiger partial charge on any atom is 0.416 e. The number of piperidine rings is 1. The molecule has 2 amide bonds. The number of aromatic nitrogens is 2. The van der Waals surface area contributed by atoms with Crippen molar-refractivity contribution in [3.8, 4) is 0 Å². The lowest BCUT2D eigenvalue weighted by Gasteiger charge is -2.32. The van der Waals surface area contributed by atoms with Crippen molar-refractivity contribution >= 4 is 23.3 Å². The average molecular weight is 524 g/mol. The molecule has 0 saturated carbocycles. The Bertz CT molecular complexity index is 1260. The minimum absolute atomic E-state index is 0.0146. The van der Waals surface area contributed by atoms with Gasteiger partial charge in [-0.1, -0.05) is 12.1 Å². The first-order chi connectivity index (χ1) is 18.3. The summed E-state index contributed by atoms with van der Waals surface area (Å²) in [6.45, 7) is 2.43. The maximum absolute atomic E-state index is 12.8. The van der Waals surface area contributed by atoms with Crippen LogP contribution in [0.5, 0.6) is 0 Å². The van der Waals surface area contributed by atoms with E-state index in [1.165, 1.54) is 12.1 Å². The summed E-state index contributed by atoms with van der Waals surface area (Å²) >= 11 is 0. The summed E-state index contributed by atoms with van der Waals surface area (Å²) < 4.78 is 38.4. The molecule has 2 fully saturated rings. The van der Waals surface area contributed by atoms with E-state index in [9.17, 15) is 22.8 Å². The summed E-state index contributed by atoms with van der Waals surface area (Å²) in [6.07, 6.45) is -0.519. The van der Waals surface area contributed by atoms with Gasteiger partial charge in [-0.05, 0) is 79.3 Å². The standard InChI is InChI=1S/C28H28F3N5O2/c29-28(30,31)23-7-3-21(4-8-23)27(38)35-15-11-20(12-16-35)19-5-9-24(10-6-19)33-26(37)22-13-17-36(18-22)25-2-1-14-32-34-25/h1-10,14,20,22H,11-13,15-18H2,(H,33,37)/t22-/m0/s1. The molecule has 0 spiro atoms. The Hall–Kier alpha value is -3.95. The molecule has 2 aromatic carbocycles. The molecule has 1 N–H and O–H groups in total. The van der Waals surface area contributed by atoms with Crippen LogP contribution >= 0.6 is 0 Å². The molecule has 1 atom stereocenters. The second-order valence-electron chi connectivity index (χ2n) is 9.77. The second-order valence-corrected chi connectivity index (χ2v) is 9.77. The van der Waals surface area contributed by atoms with Gasteiger partial charge in [-0.3, -0.25) is 9.59 Å². The third-order valence-corrected chi connectivity index (χ3v) is 7.33. The molecule has 3 aromatic rings. The second kappa shape index (κ2) is 10.8. The van der Waals surface area contributed by atoms with Crippen molar-refractivity contribution in [2.45, 2.75) is 31.4 Å². The first-order valence-corrected chi connectivity index (χ1v) is 12.7. The van der Waals surface area contributed by atoms with Crippen molar-refractivity contribution in [2.75, 3.05) is 36.4 Å². The molecule has 38 heavy (non-hydrogen) atoms. The summed E-state index contributed by atoms with van der Waals surface area (Å²) in [5, 5.41) is 11.0. The zero-order chi connectivity index (χ0) is 26.7. The van der Waals surface area contributed by atoms with Crippen LogP contribution in [0.25, 0.3) is 0 Å². The number of likely N-dealkylation sites (tertiary alicyclic amines) is 1. The first-order valence-electron chi connectivity index (χ1n) is 12.7. The summed E-state index contributed by atoms with van der Waals surface area (Å²) in [5.41, 5.74) is 1.38. The van der Waals surface area contributed by atoms with Gasteiger partial charge in [-0.2, -0.15) is 18.3 Å². The Kier molecular flexibility index (Phi) is 7.31. The average Bonchev–Trinajstić information content (AvgIpc) is 3.44. The number of carbonyl (C=O) groups is 2. The van der Waals surface area contributed by atoms with Crippen LogP contribution in [0.2, 0.25) is 0 Å². The van der Waals surface area contributed by atoms with Gasteiger partial charge in [-0.15, -0.1) is 5.10 Å². The zero-order valence-electron chi connectivity index (χ0n) is 20.7. The van der Waals surface area contributed by atoms with Crippen LogP contribution in [0, 0.1) is 5.92 Å². The molecule has 3 heterocycles. The fourth-order valence-corrected chi connectivity index (χ4v) is 5.13. The molecule has 5 rings (SSSR count). The highest BCUT2D eigenvalue weighted by Gasteiger charge is 2.31. The van der Waals surface area contributed by atoms with Gasteiger partial charge in [0.05, 0.1) is 11.5 Å². The largest absolute Gasteiger partial charge is 0.416 e. The van der Waals surface area contributed by atoms with Gasteiger partial charge in [0, 0.05) is 43.6 Å². The molecular formula is C28H28F3N5O2. The maximum atomic E-state index is 12.8. The Morgan fingerprint density at radius 2 is 1.61 bits per heavy atom. The Morgan fingerprint density at radius 1 is 0.895 bits per heavy atom. The predicted octanol–water partition coefficient (Wildman–Crippen LogP) is 4.98. The third-order valence-electron chi connectivity index (χ3n) is 7.33. The van der Waals surface area contributed by atoms with E-state index in [0.717, 1.165) is 55.0 Å². The van der Waals surface area contributed by atoms with E-state index in [0.29, 0.717) is 19.6 Å². The van der Waals surface area contributed by atoms with Crippen LogP contribution < -0.4 is 10.2 Å². The van der Waals surface area contributed by atoms with E-state index in [2.05, 4.69) is 20.4 Å². The molecule has 2 saturated heterocycles. The van der Waals surface area contributed by atoms with Crippen LogP contribution in [0.15, 0.2) is 66.9 Å². The van der Waals surface area contributed by atoms with Crippen molar-refractivity contribution in [1.29, 1.82) is 0 Å². The van der Waals surface area contributed by atoms with Gasteiger partial charge >= 0.3 is 6.18 Å². The zero-order valence-corrected chi connectivity index (χ0v) is 20.7. The number of alkyl halides is 3. The molecule has 10 heteroatoms. The van der Waals surface area contributed by atoms with E-state index in [4.69, 9.17) is 0 Å². The van der Waals surface area contributed by atoms with E-state index < -0.39 is 11.7 Å². The SMILES string of the molecule is O=C(Nc1ccc(C2CCN(C(=O)c3ccc(C(F)(F)F)cc3)CC2)cc1)[C@H]1CCN(c2cccnn2)C1. The quantitative estimate of drug-likeness (QED) is 0.511. The smallest absolute Gasteiger partial charge is 0.354 e. The molecule has 7 nitrogen and oxygen atoms in total. The van der Waals surface area contributed by atoms with E-state index in [-0.39, 0.29) is 29.2 Å². The van der Waals surface area contributed by atoms with Crippen LogP contribution in [0.3, 0.4) is 0 Å². The molecule has 1 aromatic heterocycles. The van der Waals surface area contributed by atoms with E-state index >= 15 is 0 Å². The first kappa shape index (κ1) is 25.7. The number of nitrogens with one attached hydrogen (secondary N) is 1. The minimum atomic E-state index is -4.42. The number of hydrogen-bond donors (Lipinski definition) is 1. The lowest BCUT2D eigenvalue weighted by atomic mass is 9.89. The Morgan fingerprint density at radius 3 is 2.24 bits per heavy atom. The fourth-order valence-electron chi connectivity index (χ4n) is 5.13. The van der Waals surface area contributed by atoms with Gasteiger partial charge in [0.25, 0.3) is 5.91 Å². The van der Waals surface area contributed by atoms with Crippen molar-refractivity contribution in [3.05, 3.63) is 83.6 Å². The molecule has 2 aliphatic heterocycles. The Balaban J connectivity index is 1.11. The summed E-state index contributed by atoms with van der Waals surface area (Å²) in [7, 11) is 0. The normalized spacial score (nSPS) is 18.4. The van der Waals surface area contributed by atoms with Gasteiger partial charge < -0.3 is 15.1 Å². The van der Waals surface area contributed by atoms with Crippen molar-refractivity contribution in [3.63, 3.8) is 0 Å². The highest BCUT2D eigenvalue weighted by atomic mass is 19.4. The van der Waals surface area contributed by atoms with Gasteiger partial charge in [0.15, 0.2) is 5.82 Å². The third kappa shape index (κ3) is 5.79. The molecule has 198 valence electrons. The van der Waals surface area contributed by atoms with Crippen LogP contribution in [-0.4, -0.2) is 53.1 Å². The Labute approximate surface area is 218 Å². The fraction of sp³-hybridized carbons (Fsp3) is 0.357. The number of halogens is 3. The predicted molar refractivity (Wildman–Crippen MR) is 137 cm³/mol. The van der Waals surface area contributed by atoms with E-state index in [1.807, 2.05) is 36.4 Å². The number of nitrogens with zero attached hydrogens (tertiary/aromatic N) is 4. The molecule has 0 bridgehead atoms. The number of benzene rings is 2. The number of hydrogen-bond acceptors (Lipinski definition) is 5. The molecular weight excluding hydrogens is 495 g/mol. The molecule has 2 aliphatic rings. The molecule has 0 radical (unpaired) electrons. The van der Waals surface area contributed by atoms with Gasteiger partial charge in [-0.25, -0.2) is 0 Å². The molecule has 0 aliphatic carbocycles. The van der Waals surface area contributed by atoms with Crippen LogP contribution in [0.4, 0.5) is 24.7 Å². The van der Waals surface area contributed by atoms with Crippen LogP contribution in [-0.2, 0) is 11.0 Å². The number of carbonyl (C=O) groups excluding carboxylic acids is 2. The van der Waals surface area contributed by atoms with E-state index in [1.54, 1.807) is 11.1 Å². The summed E-state index contributed by atoms with van der Waals surface area (Å²) in [4.78, 5) is 29.3. The lowest BCUT2D eigenvalue weighted by Crippen LogP contribution is -2.37. The van der Waals surface area contributed by atoms with Crippen molar-refractivity contribution in [2.24, 2.45) is 5.92 Å². The minimum Gasteiger partial charge on any atom is -0.354 e. The van der Waals surface area contributed by atoms with Crippen LogP contribution in [0.1, 0.15) is 46.7 Å². The van der Waals surface area contributed by atoms with Gasteiger partial charge in [0.2, 0.25) is 5.91 Å². The lowest BCUT2D eigenvalue weighted by molar-refractivity contribution is -0.137. The van der Waals surface area contributed by atoms with Gasteiger partial charge in [0.1, 0.15) is 0 Å². The monoisotopic (exact) mass is 523 g/mol. The highest BCUT2D eigenvalue weighted by molar-refractivity contribution is 5.94. The van der Waals surface area contributed by atoms with Crippen molar-refractivity contribution in [1.82, 2.24) is 15.1 Å². The number of anilines is 2. The molecule has 0 unspecified atom stereocenters. The number of rotatable bonds is 5. The van der Waals surface area contributed by atoms with Crippen molar-refractivity contribution < 1.29 is 22.8 Å². The summed E-state index contributed by atoms with van der Waals surface area (Å²) in [5.74, 6) is 0.661. The topological polar surface area (TPSA) is 78.4 Å². The highest BCUT2D eigenvalue weighted by Crippen LogP contribution is 2.31. The summed E-state index contributed by atoms with van der Waals surface area (Å²) in [6, 6.07) is 15.9.